The summed E-state index contributed by atoms with van der Waals surface area (Å²) in [6.45, 7) is 1.09. The number of hydrogen-bond acceptors (Lipinski definition) is 3. The van der Waals surface area contributed by atoms with Gasteiger partial charge in [-0.05, 0) is 54.6 Å². The van der Waals surface area contributed by atoms with Gasteiger partial charge in [0.05, 0.1) is 0 Å². The third-order valence-electron chi connectivity index (χ3n) is 5.02. The van der Waals surface area contributed by atoms with Crippen LogP contribution in [0.2, 0.25) is 0 Å². The number of aromatic amines is 1. The Balaban J connectivity index is 1.37. The zero-order valence-electron chi connectivity index (χ0n) is 15.4. The summed E-state index contributed by atoms with van der Waals surface area (Å²) in [5, 5.41) is 3.82. The lowest BCUT2D eigenvalue weighted by atomic mass is 10.1. The number of anilines is 1. The van der Waals surface area contributed by atoms with Crippen LogP contribution < -0.4 is 15.8 Å². The number of carbonyl (C=O) groups excluding carboxylic acids is 2. The lowest BCUT2D eigenvalue weighted by Crippen LogP contribution is -2.27. The smallest absolute Gasteiger partial charge is 0.251 e. The molecule has 0 saturated carbocycles. The maximum atomic E-state index is 12.4. The summed E-state index contributed by atoms with van der Waals surface area (Å²) in [5.74, 6) is -0.0747. The molecule has 0 radical (unpaired) electrons. The van der Waals surface area contributed by atoms with E-state index in [4.69, 9.17) is 0 Å². The molecule has 0 unspecified atom stereocenters. The van der Waals surface area contributed by atoms with E-state index < -0.39 is 0 Å². The van der Waals surface area contributed by atoms with Crippen LogP contribution in [0.3, 0.4) is 0 Å². The van der Waals surface area contributed by atoms with Gasteiger partial charge in [0.25, 0.3) is 11.5 Å². The van der Waals surface area contributed by atoms with Crippen molar-refractivity contribution in [1.82, 2.24) is 10.3 Å². The normalized spacial score (nSPS) is 13.9. The molecule has 1 aliphatic rings. The highest BCUT2D eigenvalue weighted by Crippen LogP contribution is 2.21. The molecule has 1 fully saturated rings. The number of para-hydroxylation sites is 1. The van der Waals surface area contributed by atoms with Crippen molar-refractivity contribution < 1.29 is 9.59 Å². The first-order valence-electron chi connectivity index (χ1n) is 9.41. The molecule has 2 N–H and O–H groups in total. The van der Waals surface area contributed by atoms with E-state index in [1.165, 1.54) is 0 Å². The van der Waals surface area contributed by atoms with Gasteiger partial charge in [-0.15, -0.1) is 0 Å². The topological polar surface area (TPSA) is 82.3 Å². The van der Waals surface area contributed by atoms with E-state index in [0.717, 1.165) is 29.6 Å². The van der Waals surface area contributed by atoms with Gasteiger partial charge in [-0.2, -0.15) is 0 Å². The molecule has 28 heavy (non-hydrogen) atoms. The SMILES string of the molecule is O=C(NCCc1cc2ccccc2[nH]c1=O)c1ccc(N2CCCC2=O)cc1. The first-order valence-corrected chi connectivity index (χ1v) is 9.41. The van der Waals surface area contributed by atoms with Crippen molar-refractivity contribution in [3.05, 3.63) is 76.1 Å². The zero-order valence-corrected chi connectivity index (χ0v) is 15.4. The Bertz CT molecular complexity index is 1090. The van der Waals surface area contributed by atoms with Crippen LogP contribution in [0.5, 0.6) is 0 Å². The largest absolute Gasteiger partial charge is 0.352 e. The minimum Gasteiger partial charge on any atom is -0.352 e. The summed E-state index contributed by atoms with van der Waals surface area (Å²) in [7, 11) is 0. The third-order valence-corrected chi connectivity index (χ3v) is 5.02. The fourth-order valence-corrected chi connectivity index (χ4v) is 3.50. The molecule has 1 aromatic heterocycles. The molecule has 1 aliphatic heterocycles. The van der Waals surface area contributed by atoms with Gasteiger partial charge in [0.15, 0.2) is 0 Å². The number of H-pyrrole nitrogens is 1. The van der Waals surface area contributed by atoms with Gasteiger partial charge in [0.2, 0.25) is 5.91 Å². The molecule has 2 heterocycles. The molecule has 0 spiro atoms. The molecule has 0 bridgehead atoms. The van der Waals surface area contributed by atoms with Gasteiger partial charge >= 0.3 is 0 Å². The van der Waals surface area contributed by atoms with Crippen molar-refractivity contribution in [1.29, 1.82) is 0 Å². The van der Waals surface area contributed by atoms with Crippen LogP contribution in [-0.4, -0.2) is 29.9 Å². The minimum atomic E-state index is -0.198. The molecule has 2 amide bonds. The number of fused-ring (bicyclic) bond motifs is 1. The highest BCUT2D eigenvalue weighted by atomic mass is 16.2. The molecular formula is C22H21N3O3. The fraction of sp³-hybridized carbons (Fsp3) is 0.227. The fourth-order valence-electron chi connectivity index (χ4n) is 3.50. The van der Waals surface area contributed by atoms with Gasteiger partial charge in [-0.1, -0.05) is 18.2 Å². The Kier molecular flexibility index (Phi) is 4.93. The Morgan fingerprint density at radius 2 is 1.86 bits per heavy atom. The van der Waals surface area contributed by atoms with Crippen molar-refractivity contribution in [2.75, 3.05) is 18.0 Å². The first kappa shape index (κ1) is 18.0. The Morgan fingerprint density at radius 1 is 1.07 bits per heavy atom. The maximum absolute atomic E-state index is 12.4. The van der Waals surface area contributed by atoms with Crippen LogP contribution >= 0.6 is 0 Å². The van der Waals surface area contributed by atoms with Crippen molar-refractivity contribution in [3.63, 3.8) is 0 Å². The van der Waals surface area contributed by atoms with Gasteiger partial charge in [-0.3, -0.25) is 14.4 Å². The molecule has 1 saturated heterocycles. The summed E-state index contributed by atoms with van der Waals surface area (Å²) in [6, 6.07) is 16.5. The summed E-state index contributed by atoms with van der Waals surface area (Å²) in [5.41, 5.74) is 2.66. The number of nitrogens with one attached hydrogen (secondary N) is 2. The van der Waals surface area contributed by atoms with E-state index in [0.29, 0.717) is 30.5 Å². The molecule has 2 aromatic carbocycles. The van der Waals surface area contributed by atoms with E-state index in [9.17, 15) is 14.4 Å². The number of rotatable bonds is 5. The number of nitrogens with zero attached hydrogens (tertiary/aromatic N) is 1. The summed E-state index contributed by atoms with van der Waals surface area (Å²) >= 11 is 0. The van der Waals surface area contributed by atoms with Crippen molar-refractivity contribution in [3.8, 4) is 0 Å². The van der Waals surface area contributed by atoms with E-state index in [-0.39, 0.29) is 17.4 Å². The van der Waals surface area contributed by atoms with Crippen molar-refractivity contribution in [2.24, 2.45) is 0 Å². The van der Waals surface area contributed by atoms with Crippen molar-refractivity contribution in [2.45, 2.75) is 19.3 Å². The molecular weight excluding hydrogens is 354 g/mol. The summed E-state index contributed by atoms with van der Waals surface area (Å²) in [4.78, 5) is 40.9. The monoisotopic (exact) mass is 375 g/mol. The quantitative estimate of drug-likeness (QED) is 0.719. The highest BCUT2D eigenvalue weighted by Gasteiger charge is 2.21. The first-order chi connectivity index (χ1) is 13.6. The van der Waals surface area contributed by atoms with Crippen LogP contribution in [0.25, 0.3) is 10.9 Å². The second-order valence-electron chi connectivity index (χ2n) is 6.91. The van der Waals surface area contributed by atoms with Gasteiger partial charge < -0.3 is 15.2 Å². The van der Waals surface area contributed by atoms with Crippen LogP contribution in [0.1, 0.15) is 28.8 Å². The predicted molar refractivity (Wildman–Crippen MR) is 109 cm³/mol. The second kappa shape index (κ2) is 7.68. The summed E-state index contributed by atoms with van der Waals surface area (Å²) in [6.07, 6.45) is 1.90. The number of benzene rings is 2. The van der Waals surface area contributed by atoms with E-state index in [2.05, 4.69) is 10.3 Å². The van der Waals surface area contributed by atoms with Gasteiger partial charge in [0.1, 0.15) is 0 Å². The van der Waals surface area contributed by atoms with Crippen LogP contribution in [0.4, 0.5) is 5.69 Å². The number of carbonyl (C=O) groups is 2. The Labute approximate surface area is 162 Å². The van der Waals surface area contributed by atoms with Gasteiger partial charge in [-0.25, -0.2) is 0 Å². The molecule has 6 nitrogen and oxygen atoms in total. The number of hydrogen-bond donors (Lipinski definition) is 2. The molecule has 0 atom stereocenters. The Hall–Kier alpha value is -3.41. The molecule has 0 aliphatic carbocycles. The van der Waals surface area contributed by atoms with Crippen LogP contribution in [0, 0.1) is 0 Å². The Morgan fingerprint density at radius 3 is 2.61 bits per heavy atom. The molecule has 142 valence electrons. The van der Waals surface area contributed by atoms with E-state index in [1.54, 1.807) is 29.2 Å². The standard InChI is InChI=1S/C22H21N3O3/c26-20-6-3-13-25(20)18-9-7-15(8-10-18)21(27)23-12-11-17-14-16-4-1-2-5-19(16)24-22(17)28/h1-2,4-5,7-10,14H,3,6,11-13H2,(H,23,27)(H,24,28). The number of pyridine rings is 1. The molecule has 3 aromatic rings. The number of amides is 2. The number of aromatic nitrogens is 1. The average Bonchev–Trinajstić information content (AvgIpc) is 3.14. The minimum absolute atomic E-state index is 0.123. The highest BCUT2D eigenvalue weighted by molar-refractivity contribution is 5.97. The second-order valence-corrected chi connectivity index (χ2v) is 6.91. The summed E-state index contributed by atoms with van der Waals surface area (Å²) < 4.78 is 0. The van der Waals surface area contributed by atoms with Crippen molar-refractivity contribution >= 4 is 28.4 Å². The maximum Gasteiger partial charge on any atom is 0.251 e. The zero-order chi connectivity index (χ0) is 19.5. The molecule has 6 heteroatoms. The average molecular weight is 375 g/mol. The van der Waals surface area contributed by atoms with Gasteiger partial charge in [0, 0.05) is 41.8 Å². The predicted octanol–water partition coefficient (Wildman–Crippen LogP) is 2.63. The lowest BCUT2D eigenvalue weighted by molar-refractivity contribution is -0.117. The third kappa shape index (κ3) is 3.67. The van der Waals surface area contributed by atoms with E-state index >= 15 is 0 Å². The lowest BCUT2D eigenvalue weighted by Gasteiger charge is -2.15. The van der Waals surface area contributed by atoms with Crippen LogP contribution in [-0.2, 0) is 11.2 Å². The molecule has 4 rings (SSSR count). The van der Waals surface area contributed by atoms with Crippen LogP contribution in [0.15, 0.2) is 59.4 Å². The van der Waals surface area contributed by atoms with E-state index in [1.807, 2.05) is 30.3 Å².